The summed E-state index contributed by atoms with van der Waals surface area (Å²) in [4.78, 5) is 23.9. The summed E-state index contributed by atoms with van der Waals surface area (Å²) in [6, 6.07) is 8.95. The van der Waals surface area contributed by atoms with Gasteiger partial charge in [-0.15, -0.1) is 0 Å². The van der Waals surface area contributed by atoms with Gasteiger partial charge in [0.2, 0.25) is 5.91 Å². The van der Waals surface area contributed by atoms with Crippen LogP contribution >= 0.6 is 0 Å². The molecule has 5 nitrogen and oxygen atoms in total. The van der Waals surface area contributed by atoms with Crippen molar-refractivity contribution in [1.29, 1.82) is 5.26 Å². The third-order valence-corrected chi connectivity index (χ3v) is 3.41. The van der Waals surface area contributed by atoms with Crippen LogP contribution in [0.15, 0.2) is 35.5 Å². The van der Waals surface area contributed by atoms with E-state index in [0.717, 1.165) is 5.56 Å². The molecule has 0 saturated carbocycles. The van der Waals surface area contributed by atoms with Crippen molar-refractivity contribution < 1.29 is 14.3 Å². The van der Waals surface area contributed by atoms with Crippen molar-refractivity contribution in [1.82, 2.24) is 5.32 Å². The summed E-state index contributed by atoms with van der Waals surface area (Å²) >= 11 is 0. The molecule has 1 aliphatic heterocycles. The van der Waals surface area contributed by atoms with Crippen LogP contribution in [-0.2, 0) is 14.3 Å². The maximum Gasteiger partial charge on any atom is 0.336 e. The third-order valence-electron chi connectivity index (χ3n) is 3.41. The highest BCUT2D eigenvalue weighted by molar-refractivity contribution is 5.95. The van der Waals surface area contributed by atoms with E-state index in [1.807, 2.05) is 6.07 Å². The quantitative estimate of drug-likeness (QED) is 0.861. The summed E-state index contributed by atoms with van der Waals surface area (Å²) in [6.45, 7) is 3.72. The molecular weight excluding hydrogens is 268 g/mol. The van der Waals surface area contributed by atoms with Crippen LogP contribution in [0.25, 0.3) is 0 Å². The number of rotatable bonds is 3. The van der Waals surface area contributed by atoms with Gasteiger partial charge in [-0.2, -0.15) is 5.26 Å². The average Bonchev–Trinajstić information content (AvgIpc) is 2.46. The second kappa shape index (κ2) is 6.23. The molecular formula is C16H16N2O3. The molecule has 1 aromatic carbocycles. The Kier molecular flexibility index (Phi) is 4.39. The lowest BCUT2D eigenvalue weighted by atomic mass is 9.84. The normalized spacial score (nSPS) is 18.0. The Bertz CT molecular complexity index is 638. The van der Waals surface area contributed by atoms with E-state index in [1.54, 1.807) is 38.1 Å². The van der Waals surface area contributed by atoms with E-state index >= 15 is 0 Å². The standard InChI is InChI=1S/C16H16N2O3/c1-3-21-16(20)15-10(2)18-14(19)8-13(15)12-6-4-11(9-17)5-7-12/h4-7,13H,3,8H2,1-2H3,(H,18,19)/t13-/m0/s1. The zero-order valence-electron chi connectivity index (χ0n) is 12.0. The molecule has 0 saturated heterocycles. The highest BCUT2D eigenvalue weighted by atomic mass is 16.5. The van der Waals surface area contributed by atoms with Crippen molar-refractivity contribution in [2.24, 2.45) is 0 Å². The smallest absolute Gasteiger partial charge is 0.336 e. The fraction of sp³-hybridized carbons (Fsp3) is 0.312. The minimum absolute atomic E-state index is 0.130. The number of nitrogens with one attached hydrogen (secondary N) is 1. The van der Waals surface area contributed by atoms with Gasteiger partial charge in [-0.3, -0.25) is 4.79 Å². The molecule has 0 bridgehead atoms. The topological polar surface area (TPSA) is 79.2 Å². The summed E-state index contributed by atoms with van der Waals surface area (Å²) in [7, 11) is 0. The Labute approximate surface area is 123 Å². The molecule has 0 radical (unpaired) electrons. The summed E-state index contributed by atoms with van der Waals surface area (Å²) in [6.07, 6.45) is 0.192. The number of amides is 1. The first kappa shape index (κ1) is 14.8. The fourth-order valence-corrected chi connectivity index (χ4v) is 2.45. The van der Waals surface area contributed by atoms with E-state index < -0.39 is 5.97 Å². The summed E-state index contributed by atoms with van der Waals surface area (Å²) < 4.78 is 5.08. The fourth-order valence-electron chi connectivity index (χ4n) is 2.45. The molecule has 2 rings (SSSR count). The number of esters is 1. The Morgan fingerprint density at radius 3 is 2.67 bits per heavy atom. The first-order valence-electron chi connectivity index (χ1n) is 6.74. The maximum atomic E-state index is 12.1. The van der Waals surface area contributed by atoms with Gasteiger partial charge >= 0.3 is 5.97 Å². The molecule has 1 amide bonds. The molecule has 5 heteroatoms. The van der Waals surface area contributed by atoms with Gasteiger partial charge in [0.05, 0.1) is 23.8 Å². The molecule has 1 atom stereocenters. The van der Waals surface area contributed by atoms with Gasteiger partial charge in [-0.05, 0) is 31.5 Å². The van der Waals surface area contributed by atoms with E-state index in [9.17, 15) is 9.59 Å². The summed E-state index contributed by atoms with van der Waals surface area (Å²) in [5.41, 5.74) is 2.36. The Hall–Kier alpha value is -2.61. The molecule has 1 N–H and O–H groups in total. The summed E-state index contributed by atoms with van der Waals surface area (Å²) in [5, 5.41) is 11.5. The van der Waals surface area contributed by atoms with Gasteiger partial charge in [0.1, 0.15) is 0 Å². The molecule has 0 unspecified atom stereocenters. The number of ether oxygens (including phenoxy) is 1. The predicted octanol–water partition coefficient (Wildman–Crippen LogP) is 2.00. The van der Waals surface area contributed by atoms with E-state index in [2.05, 4.69) is 5.32 Å². The van der Waals surface area contributed by atoms with Crippen LogP contribution < -0.4 is 5.32 Å². The Morgan fingerprint density at radius 2 is 2.10 bits per heavy atom. The van der Waals surface area contributed by atoms with Crippen LogP contribution in [-0.4, -0.2) is 18.5 Å². The van der Waals surface area contributed by atoms with E-state index in [-0.39, 0.29) is 24.9 Å². The van der Waals surface area contributed by atoms with E-state index in [0.29, 0.717) is 16.8 Å². The molecule has 1 heterocycles. The molecule has 0 spiro atoms. The number of nitriles is 1. The molecule has 21 heavy (non-hydrogen) atoms. The lowest BCUT2D eigenvalue weighted by Gasteiger charge is -2.26. The Balaban J connectivity index is 2.42. The van der Waals surface area contributed by atoms with E-state index in [4.69, 9.17) is 10.00 Å². The second-order valence-corrected chi connectivity index (χ2v) is 4.80. The number of carbonyl (C=O) groups is 2. The second-order valence-electron chi connectivity index (χ2n) is 4.80. The first-order chi connectivity index (χ1) is 10.1. The minimum Gasteiger partial charge on any atom is -0.463 e. The van der Waals surface area contributed by atoms with Crippen LogP contribution in [0.1, 0.15) is 37.3 Å². The van der Waals surface area contributed by atoms with Gasteiger partial charge < -0.3 is 10.1 Å². The van der Waals surface area contributed by atoms with Crippen molar-refractivity contribution in [2.45, 2.75) is 26.2 Å². The predicted molar refractivity (Wildman–Crippen MR) is 76.0 cm³/mol. The average molecular weight is 284 g/mol. The van der Waals surface area contributed by atoms with Gasteiger partial charge in [0, 0.05) is 18.0 Å². The molecule has 0 aliphatic carbocycles. The van der Waals surface area contributed by atoms with Crippen LogP contribution in [0.2, 0.25) is 0 Å². The lowest BCUT2D eigenvalue weighted by Crippen LogP contribution is -2.34. The summed E-state index contributed by atoms with van der Waals surface area (Å²) in [5.74, 6) is -0.884. The monoisotopic (exact) mass is 284 g/mol. The van der Waals surface area contributed by atoms with Crippen molar-refractivity contribution in [2.75, 3.05) is 6.61 Å². The number of allylic oxidation sites excluding steroid dienone is 1. The van der Waals surface area contributed by atoms with Gasteiger partial charge in [-0.1, -0.05) is 12.1 Å². The highest BCUT2D eigenvalue weighted by Crippen LogP contribution is 2.33. The van der Waals surface area contributed by atoms with Crippen molar-refractivity contribution in [3.8, 4) is 6.07 Å². The molecule has 1 aromatic rings. The number of benzene rings is 1. The zero-order valence-corrected chi connectivity index (χ0v) is 12.0. The molecule has 1 aliphatic rings. The van der Waals surface area contributed by atoms with Crippen LogP contribution in [0.4, 0.5) is 0 Å². The highest BCUT2D eigenvalue weighted by Gasteiger charge is 2.32. The minimum atomic E-state index is -0.413. The van der Waals surface area contributed by atoms with Gasteiger partial charge in [0.15, 0.2) is 0 Å². The van der Waals surface area contributed by atoms with Crippen LogP contribution in [0, 0.1) is 11.3 Å². The lowest BCUT2D eigenvalue weighted by molar-refractivity contribution is -0.139. The van der Waals surface area contributed by atoms with Gasteiger partial charge in [0.25, 0.3) is 0 Å². The zero-order chi connectivity index (χ0) is 15.4. The van der Waals surface area contributed by atoms with Crippen molar-refractivity contribution in [3.05, 3.63) is 46.7 Å². The van der Waals surface area contributed by atoms with Crippen LogP contribution in [0.3, 0.4) is 0 Å². The van der Waals surface area contributed by atoms with Crippen LogP contribution in [0.5, 0.6) is 0 Å². The number of hydrogen-bond donors (Lipinski definition) is 1. The first-order valence-corrected chi connectivity index (χ1v) is 6.74. The number of nitrogens with zero attached hydrogens (tertiary/aromatic N) is 1. The van der Waals surface area contributed by atoms with Gasteiger partial charge in [-0.25, -0.2) is 4.79 Å². The number of carbonyl (C=O) groups excluding carboxylic acids is 2. The van der Waals surface area contributed by atoms with Crippen molar-refractivity contribution in [3.63, 3.8) is 0 Å². The molecule has 0 aromatic heterocycles. The molecule has 108 valence electrons. The largest absolute Gasteiger partial charge is 0.463 e. The maximum absolute atomic E-state index is 12.1. The Morgan fingerprint density at radius 1 is 1.43 bits per heavy atom. The van der Waals surface area contributed by atoms with Crippen molar-refractivity contribution >= 4 is 11.9 Å². The molecule has 0 fully saturated rings. The van der Waals surface area contributed by atoms with E-state index in [1.165, 1.54) is 0 Å². The third kappa shape index (κ3) is 3.11. The number of hydrogen-bond acceptors (Lipinski definition) is 4. The SMILES string of the molecule is CCOC(=O)C1=C(C)NC(=O)C[C@H]1c1ccc(C#N)cc1.